The molecule has 0 bridgehead atoms. The number of pyridine rings is 1. The van der Waals surface area contributed by atoms with Crippen LogP contribution < -0.4 is 15.4 Å². The molecule has 2 unspecified atom stereocenters. The van der Waals surface area contributed by atoms with Gasteiger partial charge in [0.2, 0.25) is 11.8 Å². The molecule has 2 saturated heterocycles. The SMILES string of the molecule is CCOC(=O)N1CCN(C(=O)C(CC(=O)O)NC(=O)c2cc(O[C@@H](C)C(=O)N3CCC3C(=O)NC3CCC3)c3ccc(C)cc3n2)CC1. The Balaban J connectivity index is 1.30. The molecule has 5 amide bonds. The first-order valence-electron chi connectivity index (χ1n) is 16.4. The molecule has 1 aliphatic carbocycles. The Kier molecular flexibility index (Phi) is 10.6. The van der Waals surface area contributed by atoms with Crippen LogP contribution in [0.25, 0.3) is 10.9 Å². The molecule has 3 aliphatic rings. The van der Waals surface area contributed by atoms with Gasteiger partial charge in [0.05, 0.1) is 18.5 Å². The molecule has 0 radical (unpaired) electrons. The standard InChI is InChI=1S/C33H42N6O9/c1-4-47-33(46)38-14-12-37(13-15-38)32(45)25(18-28(40)41)36-29(42)24-17-27(22-9-8-19(2)16-23(22)35-24)48-20(3)31(44)39-11-10-26(39)30(43)34-21-6-5-7-21/h8-9,16-17,20-21,25-26H,4-7,10-15,18H2,1-3H3,(H,34,43)(H,36,42)(H,40,41)/t20-,25?,26?/m0/s1. The number of carboxylic acids is 1. The topological polar surface area (TPSA) is 188 Å². The lowest BCUT2D eigenvalue weighted by atomic mass is 9.92. The minimum Gasteiger partial charge on any atom is -0.481 e. The van der Waals surface area contributed by atoms with Gasteiger partial charge in [-0.1, -0.05) is 6.07 Å². The maximum atomic E-state index is 13.6. The molecule has 1 aromatic heterocycles. The molecular weight excluding hydrogens is 624 g/mol. The van der Waals surface area contributed by atoms with Gasteiger partial charge in [0.15, 0.2) is 6.10 Å². The van der Waals surface area contributed by atoms with E-state index in [-0.39, 0.29) is 62.1 Å². The zero-order valence-corrected chi connectivity index (χ0v) is 27.4. The van der Waals surface area contributed by atoms with E-state index in [0.29, 0.717) is 23.9 Å². The third kappa shape index (κ3) is 7.77. The van der Waals surface area contributed by atoms with Crippen LogP contribution in [0.3, 0.4) is 0 Å². The summed E-state index contributed by atoms with van der Waals surface area (Å²) in [4.78, 5) is 85.7. The Bertz CT molecular complexity index is 1590. The summed E-state index contributed by atoms with van der Waals surface area (Å²) >= 11 is 0. The number of nitrogens with zero attached hydrogens (tertiary/aromatic N) is 4. The van der Waals surface area contributed by atoms with E-state index in [4.69, 9.17) is 9.47 Å². The number of carbonyl (C=O) groups is 6. The number of ether oxygens (including phenoxy) is 2. The molecule has 48 heavy (non-hydrogen) atoms. The predicted molar refractivity (Wildman–Crippen MR) is 171 cm³/mol. The summed E-state index contributed by atoms with van der Waals surface area (Å²) in [5, 5.41) is 15.6. The lowest BCUT2D eigenvalue weighted by Gasteiger charge is -2.42. The quantitative estimate of drug-likeness (QED) is 0.317. The van der Waals surface area contributed by atoms with Crippen molar-refractivity contribution in [1.29, 1.82) is 0 Å². The normalized spacial score (nSPS) is 19.0. The molecule has 5 rings (SSSR count). The van der Waals surface area contributed by atoms with Crippen molar-refractivity contribution in [3.8, 4) is 5.75 Å². The average molecular weight is 667 g/mol. The minimum absolute atomic E-state index is 0.139. The Morgan fingerprint density at radius 3 is 2.29 bits per heavy atom. The van der Waals surface area contributed by atoms with Crippen molar-refractivity contribution in [2.24, 2.45) is 0 Å². The smallest absolute Gasteiger partial charge is 0.409 e. The number of aromatic nitrogens is 1. The molecule has 258 valence electrons. The van der Waals surface area contributed by atoms with Crippen LogP contribution in [0.4, 0.5) is 4.79 Å². The summed E-state index contributed by atoms with van der Waals surface area (Å²) < 4.78 is 11.1. The first-order chi connectivity index (χ1) is 22.9. The van der Waals surface area contributed by atoms with E-state index in [1.165, 1.54) is 20.8 Å². The van der Waals surface area contributed by atoms with Gasteiger partial charge in [0, 0.05) is 50.2 Å². The van der Waals surface area contributed by atoms with Crippen LogP contribution in [-0.2, 0) is 23.9 Å². The van der Waals surface area contributed by atoms with Gasteiger partial charge in [-0.05, 0) is 64.2 Å². The minimum atomic E-state index is -1.40. The number of nitrogens with one attached hydrogen (secondary N) is 2. The van der Waals surface area contributed by atoms with E-state index in [1.807, 2.05) is 13.0 Å². The van der Waals surface area contributed by atoms with Gasteiger partial charge < -0.3 is 39.9 Å². The summed E-state index contributed by atoms with van der Waals surface area (Å²) in [6.07, 6.45) is 1.36. The number of benzene rings is 1. The van der Waals surface area contributed by atoms with Crippen molar-refractivity contribution in [3.63, 3.8) is 0 Å². The number of rotatable bonds is 11. The Morgan fingerprint density at radius 2 is 1.69 bits per heavy atom. The van der Waals surface area contributed by atoms with Crippen LogP contribution in [0.2, 0.25) is 0 Å². The van der Waals surface area contributed by atoms with E-state index in [2.05, 4.69) is 15.6 Å². The fourth-order valence-corrected chi connectivity index (χ4v) is 5.92. The number of piperazine rings is 1. The molecule has 0 spiro atoms. The van der Waals surface area contributed by atoms with Crippen LogP contribution >= 0.6 is 0 Å². The summed E-state index contributed by atoms with van der Waals surface area (Å²) in [5.74, 6) is -3.04. The Labute approximate surface area is 277 Å². The van der Waals surface area contributed by atoms with E-state index in [0.717, 1.165) is 24.8 Å². The largest absolute Gasteiger partial charge is 0.481 e. The van der Waals surface area contributed by atoms with Crippen molar-refractivity contribution in [2.75, 3.05) is 39.3 Å². The van der Waals surface area contributed by atoms with Gasteiger partial charge in [-0.25, -0.2) is 9.78 Å². The Morgan fingerprint density at radius 1 is 0.979 bits per heavy atom. The van der Waals surface area contributed by atoms with E-state index < -0.39 is 48.5 Å². The van der Waals surface area contributed by atoms with Crippen molar-refractivity contribution < 1.29 is 43.3 Å². The van der Waals surface area contributed by atoms with E-state index >= 15 is 0 Å². The number of aryl methyl sites for hydroxylation is 1. The van der Waals surface area contributed by atoms with E-state index in [9.17, 15) is 33.9 Å². The number of carboxylic acid groups (broad SMARTS) is 1. The second-order valence-corrected chi connectivity index (χ2v) is 12.4. The monoisotopic (exact) mass is 666 g/mol. The van der Waals surface area contributed by atoms with Crippen LogP contribution in [0.1, 0.15) is 62.0 Å². The van der Waals surface area contributed by atoms with Gasteiger partial charge >= 0.3 is 12.1 Å². The molecular formula is C33H42N6O9. The third-order valence-corrected chi connectivity index (χ3v) is 8.97. The summed E-state index contributed by atoms with van der Waals surface area (Å²) in [7, 11) is 0. The molecule has 15 nitrogen and oxygen atoms in total. The molecule has 3 fully saturated rings. The zero-order chi connectivity index (χ0) is 34.5. The van der Waals surface area contributed by atoms with E-state index in [1.54, 1.807) is 26.0 Å². The van der Waals surface area contributed by atoms with Gasteiger partial charge in [0.25, 0.3) is 11.8 Å². The van der Waals surface area contributed by atoms with Crippen molar-refractivity contribution in [3.05, 3.63) is 35.5 Å². The van der Waals surface area contributed by atoms with Crippen LogP contribution in [0.5, 0.6) is 5.75 Å². The number of carbonyl (C=O) groups excluding carboxylic acids is 5. The molecule has 3 heterocycles. The molecule has 15 heteroatoms. The highest BCUT2D eigenvalue weighted by molar-refractivity contribution is 6.00. The van der Waals surface area contributed by atoms with Crippen molar-refractivity contribution in [2.45, 2.75) is 77.1 Å². The second-order valence-electron chi connectivity index (χ2n) is 12.4. The molecule has 2 aromatic rings. The zero-order valence-electron chi connectivity index (χ0n) is 27.4. The number of likely N-dealkylation sites (tertiary alicyclic amines) is 1. The number of amides is 5. The molecule has 2 aliphatic heterocycles. The summed E-state index contributed by atoms with van der Waals surface area (Å²) in [6.45, 7) is 6.44. The fraction of sp³-hybridized carbons (Fsp3) is 0.545. The lowest BCUT2D eigenvalue weighted by Crippen LogP contribution is -2.62. The lowest BCUT2D eigenvalue weighted by molar-refractivity contribution is -0.152. The van der Waals surface area contributed by atoms with Crippen LogP contribution in [0, 0.1) is 6.92 Å². The molecule has 3 atom stereocenters. The average Bonchev–Trinajstić information content (AvgIpc) is 3.01. The molecule has 1 saturated carbocycles. The van der Waals surface area contributed by atoms with Crippen molar-refractivity contribution in [1.82, 2.24) is 30.3 Å². The van der Waals surface area contributed by atoms with Gasteiger partial charge in [-0.15, -0.1) is 0 Å². The number of hydrogen-bond donors (Lipinski definition) is 3. The van der Waals surface area contributed by atoms with Crippen LogP contribution in [-0.4, -0.2) is 124 Å². The second kappa shape index (κ2) is 14.9. The first-order valence-corrected chi connectivity index (χ1v) is 16.4. The number of hydrogen-bond acceptors (Lipinski definition) is 9. The van der Waals surface area contributed by atoms with Gasteiger partial charge in [-0.3, -0.25) is 24.0 Å². The number of aliphatic carboxylic acids is 1. The Hall–Kier alpha value is -4.95. The maximum absolute atomic E-state index is 13.6. The third-order valence-electron chi connectivity index (χ3n) is 8.97. The highest BCUT2D eigenvalue weighted by Gasteiger charge is 2.41. The summed E-state index contributed by atoms with van der Waals surface area (Å²) in [6, 6.07) is 4.89. The van der Waals surface area contributed by atoms with Gasteiger partial charge in [0.1, 0.15) is 23.5 Å². The first kappa shape index (κ1) is 34.4. The highest BCUT2D eigenvalue weighted by Crippen LogP contribution is 2.29. The molecule has 3 N–H and O–H groups in total. The molecule has 1 aromatic carbocycles. The predicted octanol–water partition coefficient (Wildman–Crippen LogP) is 1.45. The maximum Gasteiger partial charge on any atom is 0.409 e. The highest BCUT2D eigenvalue weighted by atomic mass is 16.6. The fourth-order valence-electron chi connectivity index (χ4n) is 5.92. The summed E-state index contributed by atoms with van der Waals surface area (Å²) in [5.41, 5.74) is 1.11. The van der Waals surface area contributed by atoms with Crippen LogP contribution in [0.15, 0.2) is 24.3 Å². The number of fused-ring (bicyclic) bond motifs is 1. The van der Waals surface area contributed by atoms with Crippen molar-refractivity contribution >= 4 is 46.6 Å². The van der Waals surface area contributed by atoms with Gasteiger partial charge in [-0.2, -0.15) is 0 Å².